The lowest BCUT2D eigenvalue weighted by molar-refractivity contribution is -0.130. The number of methoxy groups -OCH3 is 1. The minimum atomic E-state index is -0.827. The van der Waals surface area contributed by atoms with Crippen LogP contribution in [-0.4, -0.2) is 31.6 Å². The molecule has 0 fully saturated rings. The Morgan fingerprint density at radius 3 is 2.60 bits per heavy atom. The summed E-state index contributed by atoms with van der Waals surface area (Å²) >= 11 is 0. The van der Waals surface area contributed by atoms with Crippen LogP contribution in [0.1, 0.15) is 13.3 Å². The van der Waals surface area contributed by atoms with Crippen molar-refractivity contribution in [3.05, 3.63) is 0 Å². The second kappa shape index (κ2) is 6.79. The van der Waals surface area contributed by atoms with Crippen LogP contribution in [0.25, 0.3) is 0 Å². The Kier molecular flexibility index (Phi) is 6.06. The van der Waals surface area contributed by atoms with E-state index in [1.54, 1.807) is 6.92 Å². The largest absolute Gasteiger partial charge is 0.375 e. The van der Waals surface area contributed by atoms with Crippen molar-refractivity contribution in [2.24, 2.45) is 11.7 Å². The van der Waals surface area contributed by atoms with E-state index in [9.17, 15) is 9.59 Å². The van der Waals surface area contributed by atoms with E-state index in [1.807, 2.05) is 6.07 Å². The van der Waals surface area contributed by atoms with Gasteiger partial charge in [0.25, 0.3) is 0 Å². The summed E-state index contributed by atoms with van der Waals surface area (Å²) < 4.78 is 4.59. The standard InChI is InChI=1S/C9H15N3O3/c1-6(3-4-10)8(9(11)14)12-7(13)5-15-2/h6,8H,3,5H2,1-2H3,(H2,11,14)(H,12,13)/t6-,8+/m0/s1. The third-order valence-corrected chi connectivity index (χ3v) is 1.88. The summed E-state index contributed by atoms with van der Waals surface area (Å²) in [6.45, 7) is 1.54. The van der Waals surface area contributed by atoms with Crippen LogP contribution in [0, 0.1) is 17.2 Å². The van der Waals surface area contributed by atoms with Crippen LogP contribution in [-0.2, 0) is 14.3 Å². The van der Waals surface area contributed by atoms with Gasteiger partial charge in [-0.3, -0.25) is 9.59 Å². The van der Waals surface area contributed by atoms with Crippen molar-refractivity contribution in [1.82, 2.24) is 5.32 Å². The number of carbonyl (C=O) groups is 2. The highest BCUT2D eigenvalue weighted by atomic mass is 16.5. The summed E-state index contributed by atoms with van der Waals surface area (Å²) in [5, 5.41) is 10.9. The molecule has 0 aliphatic rings. The fraction of sp³-hybridized carbons (Fsp3) is 0.667. The van der Waals surface area contributed by atoms with Gasteiger partial charge in [-0.2, -0.15) is 5.26 Å². The van der Waals surface area contributed by atoms with Gasteiger partial charge in [0.1, 0.15) is 12.6 Å². The fourth-order valence-electron chi connectivity index (χ4n) is 1.10. The molecule has 0 unspecified atom stereocenters. The lowest BCUT2D eigenvalue weighted by atomic mass is 9.98. The number of nitrogens with two attached hydrogens (primary N) is 1. The van der Waals surface area contributed by atoms with Gasteiger partial charge in [-0.05, 0) is 5.92 Å². The average Bonchev–Trinajstić information content (AvgIpc) is 2.14. The smallest absolute Gasteiger partial charge is 0.246 e. The van der Waals surface area contributed by atoms with Gasteiger partial charge in [-0.15, -0.1) is 0 Å². The molecule has 0 heterocycles. The van der Waals surface area contributed by atoms with Gasteiger partial charge in [0, 0.05) is 13.5 Å². The number of nitrogens with one attached hydrogen (secondary N) is 1. The Balaban J connectivity index is 4.35. The summed E-state index contributed by atoms with van der Waals surface area (Å²) in [6, 6.07) is 1.09. The number of carbonyl (C=O) groups excluding carboxylic acids is 2. The topological polar surface area (TPSA) is 105 Å². The van der Waals surface area contributed by atoms with Gasteiger partial charge in [0.05, 0.1) is 6.07 Å². The van der Waals surface area contributed by atoms with Crippen LogP contribution in [0.15, 0.2) is 0 Å². The Morgan fingerprint density at radius 1 is 1.60 bits per heavy atom. The van der Waals surface area contributed by atoms with Crippen molar-refractivity contribution in [2.45, 2.75) is 19.4 Å². The molecule has 0 bridgehead atoms. The molecule has 0 saturated carbocycles. The number of ether oxygens (including phenoxy) is 1. The number of amides is 2. The van der Waals surface area contributed by atoms with Crippen molar-refractivity contribution < 1.29 is 14.3 Å². The lowest BCUT2D eigenvalue weighted by Gasteiger charge is -2.19. The first-order chi connectivity index (χ1) is 7.02. The molecule has 84 valence electrons. The number of nitrogens with zero attached hydrogens (tertiary/aromatic N) is 1. The molecule has 0 aliphatic carbocycles. The Morgan fingerprint density at radius 2 is 2.20 bits per heavy atom. The normalized spacial score (nSPS) is 13.7. The van der Waals surface area contributed by atoms with E-state index in [2.05, 4.69) is 10.1 Å². The monoisotopic (exact) mass is 213 g/mol. The maximum Gasteiger partial charge on any atom is 0.246 e. The first kappa shape index (κ1) is 13.4. The zero-order valence-corrected chi connectivity index (χ0v) is 8.82. The zero-order chi connectivity index (χ0) is 11.8. The van der Waals surface area contributed by atoms with E-state index in [0.717, 1.165) is 0 Å². The minimum absolute atomic E-state index is 0.136. The van der Waals surface area contributed by atoms with Gasteiger partial charge < -0.3 is 15.8 Å². The second-order valence-electron chi connectivity index (χ2n) is 3.22. The molecule has 2 atom stereocenters. The van der Waals surface area contributed by atoms with Crippen molar-refractivity contribution in [3.63, 3.8) is 0 Å². The molecule has 0 aromatic heterocycles. The van der Waals surface area contributed by atoms with Crippen LogP contribution in [0.3, 0.4) is 0 Å². The fourth-order valence-corrected chi connectivity index (χ4v) is 1.10. The third kappa shape index (κ3) is 4.98. The molecule has 2 amide bonds. The summed E-state index contributed by atoms with van der Waals surface area (Å²) in [5.41, 5.74) is 5.11. The molecule has 0 spiro atoms. The summed E-state index contributed by atoms with van der Waals surface area (Å²) in [5.74, 6) is -1.39. The van der Waals surface area contributed by atoms with Gasteiger partial charge >= 0.3 is 0 Å². The average molecular weight is 213 g/mol. The van der Waals surface area contributed by atoms with Gasteiger partial charge in [-0.25, -0.2) is 0 Å². The van der Waals surface area contributed by atoms with E-state index in [1.165, 1.54) is 7.11 Å². The maximum atomic E-state index is 11.1. The number of hydrogen-bond donors (Lipinski definition) is 2. The summed E-state index contributed by atoms with van der Waals surface area (Å²) in [6.07, 6.45) is 0.154. The SMILES string of the molecule is COCC(=O)N[C@@H](C(N)=O)[C@@H](C)CC#N. The quantitative estimate of drug-likeness (QED) is 0.599. The molecular formula is C9H15N3O3. The molecule has 0 saturated heterocycles. The molecule has 6 nitrogen and oxygen atoms in total. The van der Waals surface area contributed by atoms with E-state index < -0.39 is 17.9 Å². The first-order valence-corrected chi connectivity index (χ1v) is 4.47. The molecule has 0 rings (SSSR count). The lowest BCUT2D eigenvalue weighted by Crippen LogP contribution is -2.49. The Labute approximate surface area is 88.4 Å². The van der Waals surface area contributed by atoms with Crippen LogP contribution >= 0.6 is 0 Å². The Hall–Kier alpha value is -1.61. The maximum absolute atomic E-state index is 11.1. The van der Waals surface area contributed by atoms with E-state index >= 15 is 0 Å². The second-order valence-corrected chi connectivity index (χ2v) is 3.22. The van der Waals surface area contributed by atoms with E-state index in [0.29, 0.717) is 0 Å². The number of nitriles is 1. The van der Waals surface area contributed by atoms with Crippen molar-refractivity contribution >= 4 is 11.8 Å². The van der Waals surface area contributed by atoms with Crippen LogP contribution in [0.4, 0.5) is 0 Å². The molecule has 15 heavy (non-hydrogen) atoms. The number of rotatable bonds is 6. The number of hydrogen-bond acceptors (Lipinski definition) is 4. The highest BCUT2D eigenvalue weighted by molar-refractivity contribution is 5.87. The predicted octanol–water partition coefficient (Wildman–Crippen LogP) is -0.847. The molecule has 6 heteroatoms. The van der Waals surface area contributed by atoms with Crippen molar-refractivity contribution in [2.75, 3.05) is 13.7 Å². The van der Waals surface area contributed by atoms with Crippen molar-refractivity contribution in [3.8, 4) is 6.07 Å². The highest BCUT2D eigenvalue weighted by Crippen LogP contribution is 2.06. The molecule has 3 N–H and O–H groups in total. The van der Waals surface area contributed by atoms with Crippen LogP contribution in [0.2, 0.25) is 0 Å². The summed E-state index contributed by atoms with van der Waals surface area (Å²) in [7, 11) is 1.37. The molecule has 0 radical (unpaired) electrons. The third-order valence-electron chi connectivity index (χ3n) is 1.88. The van der Waals surface area contributed by atoms with Crippen LogP contribution < -0.4 is 11.1 Å². The first-order valence-electron chi connectivity index (χ1n) is 4.47. The van der Waals surface area contributed by atoms with Crippen LogP contribution in [0.5, 0.6) is 0 Å². The number of primary amides is 1. The molecule has 0 aliphatic heterocycles. The van der Waals surface area contributed by atoms with Gasteiger partial charge in [-0.1, -0.05) is 6.92 Å². The minimum Gasteiger partial charge on any atom is -0.375 e. The van der Waals surface area contributed by atoms with Gasteiger partial charge in [0.2, 0.25) is 11.8 Å². The van der Waals surface area contributed by atoms with Gasteiger partial charge in [0.15, 0.2) is 0 Å². The zero-order valence-electron chi connectivity index (χ0n) is 8.82. The molecular weight excluding hydrogens is 198 g/mol. The van der Waals surface area contributed by atoms with E-state index in [-0.39, 0.29) is 18.9 Å². The highest BCUT2D eigenvalue weighted by Gasteiger charge is 2.24. The van der Waals surface area contributed by atoms with E-state index in [4.69, 9.17) is 11.0 Å². The Bertz CT molecular complexity index is 272. The molecule has 0 aromatic carbocycles. The summed E-state index contributed by atoms with van der Waals surface area (Å²) in [4.78, 5) is 22.2. The predicted molar refractivity (Wildman–Crippen MR) is 52.4 cm³/mol. The molecule has 0 aromatic rings. The van der Waals surface area contributed by atoms with Crippen molar-refractivity contribution in [1.29, 1.82) is 5.26 Å².